The van der Waals surface area contributed by atoms with Gasteiger partial charge in [-0.3, -0.25) is 4.79 Å². The Bertz CT molecular complexity index is 755. The van der Waals surface area contributed by atoms with Gasteiger partial charge in [0.05, 0.1) is 17.7 Å². The molecule has 2 aromatic rings. The van der Waals surface area contributed by atoms with Gasteiger partial charge in [-0.15, -0.1) is 0 Å². The molecule has 3 N–H and O–H groups in total. The van der Waals surface area contributed by atoms with Crippen molar-refractivity contribution < 1.29 is 19.8 Å². The van der Waals surface area contributed by atoms with Gasteiger partial charge in [0.2, 0.25) is 5.91 Å². The summed E-state index contributed by atoms with van der Waals surface area (Å²) in [5, 5.41) is 21.8. The van der Waals surface area contributed by atoms with Crippen molar-refractivity contribution in [1.29, 1.82) is 0 Å². The summed E-state index contributed by atoms with van der Waals surface area (Å²) >= 11 is 0. The van der Waals surface area contributed by atoms with Gasteiger partial charge in [-0.05, 0) is 41.7 Å². The lowest BCUT2D eigenvalue weighted by atomic mass is 9.98. The summed E-state index contributed by atoms with van der Waals surface area (Å²) in [5.74, 6) is -1.14. The smallest absolute Gasteiger partial charge is 0.335 e. The van der Waals surface area contributed by atoms with E-state index < -0.39 is 5.97 Å². The first kappa shape index (κ1) is 17.5. The Hall–Kier alpha value is -2.82. The number of hydrogen-bond acceptors (Lipinski definition) is 3. The van der Waals surface area contributed by atoms with Crippen molar-refractivity contribution in [2.45, 2.75) is 32.6 Å². The van der Waals surface area contributed by atoms with Crippen molar-refractivity contribution in [2.75, 3.05) is 5.32 Å². The van der Waals surface area contributed by atoms with Gasteiger partial charge in [-0.25, -0.2) is 4.79 Å². The zero-order valence-corrected chi connectivity index (χ0v) is 13.7. The van der Waals surface area contributed by atoms with Crippen molar-refractivity contribution in [1.82, 2.24) is 0 Å². The second kappa shape index (κ2) is 7.64. The highest BCUT2D eigenvalue weighted by atomic mass is 16.4. The maximum Gasteiger partial charge on any atom is 0.335 e. The van der Waals surface area contributed by atoms with Crippen LogP contribution in [0.2, 0.25) is 0 Å². The minimum Gasteiger partial charge on any atom is -0.506 e. The number of carbonyl (C=O) groups is 2. The molecule has 24 heavy (non-hydrogen) atoms. The molecule has 2 rings (SSSR count). The summed E-state index contributed by atoms with van der Waals surface area (Å²) in [7, 11) is 0. The van der Waals surface area contributed by atoms with Crippen LogP contribution in [0.1, 0.15) is 47.7 Å². The van der Waals surface area contributed by atoms with Crippen molar-refractivity contribution in [3.8, 4) is 5.75 Å². The SMILES string of the molecule is CC[C@H](C)c1ccc(O)c(NC(=O)Cc2ccccc2C(=O)O)c1. The molecule has 0 radical (unpaired) electrons. The van der Waals surface area contributed by atoms with Crippen molar-refractivity contribution in [2.24, 2.45) is 0 Å². The highest BCUT2D eigenvalue weighted by molar-refractivity contribution is 5.96. The zero-order chi connectivity index (χ0) is 17.7. The number of rotatable bonds is 6. The zero-order valence-electron chi connectivity index (χ0n) is 13.7. The van der Waals surface area contributed by atoms with Gasteiger partial charge in [0, 0.05) is 0 Å². The third-order valence-electron chi connectivity index (χ3n) is 4.07. The first-order valence-corrected chi connectivity index (χ1v) is 7.86. The van der Waals surface area contributed by atoms with Crippen LogP contribution in [0.4, 0.5) is 5.69 Å². The number of phenolic OH excluding ortho intramolecular Hbond substituents is 1. The Morgan fingerprint density at radius 1 is 1.17 bits per heavy atom. The largest absolute Gasteiger partial charge is 0.506 e. The molecule has 0 heterocycles. The van der Waals surface area contributed by atoms with E-state index in [2.05, 4.69) is 19.2 Å². The molecule has 0 saturated heterocycles. The van der Waals surface area contributed by atoms with E-state index in [0.717, 1.165) is 12.0 Å². The number of aromatic hydroxyl groups is 1. The molecule has 0 bridgehead atoms. The Morgan fingerprint density at radius 2 is 1.88 bits per heavy atom. The van der Waals surface area contributed by atoms with E-state index in [4.69, 9.17) is 5.11 Å². The lowest BCUT2D eigenvalue weighted by Gasteiger charge is -2.13. The van der Waals surface area contributed by atoms with Crippen LogP contribution in [0.5, 0.6) is 5.75 Å². The van der Waals surface area contributed by atoms with Crippen LogP contribution in [0, 0.1) is 0 Å². The minimum absolute atomic E-state index is 0.0121. The highest BCUT2D eigenvalue weighted by Gasteiger charge is 2.14. The van der Waals surface area contributed by atoms with E-state index in [1.807, 2.05) is 6.07 Å². The second-order valence-electron chi connectivity index (χ2n) is 5.77. The van der Waals surface area contributed by atoms with E-state index in [0.29, 0.717) is 17.2 Å². The maximum atomic E-state index is 12.2. The summed E-state index contributed by atoms with van der Waals surface area (Å²) in [6, 6.07) is 11.5. The van der Waals surface area contributed by atoms with Gasteiger partial charge in [-0.2, -0.15) is 0 Å². The molecule has 1 amide bonds. The number of phenols is 1. The Balaban J connectivity index is 2.17. The highest BCUT2D eigenvalue weighted by Crippen LogP contribution is 2.29. The molecular weight excluding hydrogens is 306 g/mol. The van der Waals surface area contributed by atoms with Gasteiger partial charge in [0.1, 0.15) is 5.75 Å². The summed E-state index contributed by atoms with van der Waals surface area (Å²) in [6.45, 7) is 4.14. The predicted molar refractivity (Wildman–Crippen MR) is 92.5 cm³/mol. The maximum absolute atomic E-state index is 12.2. The van der Waals surface area contributed by atoms with Gasteiger partial charge in [0.15, 0.2) is 0 Å². The molecule has 0 aliphatic carbocycles. The number of nitrogens with one attached hydrogen (secondary N) is 1. The number of carbonyl (C=O) groups excluding carboxylic acids is 1. The fourth-order valence-corrected chi connectivity index (χ4v) is 2.45. The van der Waals surface area contributed by atoms with Crippen molar-refractivity contribution in [3.05, 3.63) is 59.2 Å². The second-order valence-corrected chi connectivity index (χ2v) is 5.77. The normalized spacial score (nSPS) is 11.8. The molecule has 0 spiro atoms. The molecule has 1 atom stereocenters. The van der Waals surface area contributed by atoms with Crippen molar-refractivity contribution >= 4 is 17.6 Å². The molecular formula is C19H21NO4. The summed E-state index contributed by atoms with van der Waals surface area (Å²) in [4.78, 5) is 23.4. The van der Waals surface area contributed by atoms with Crippen LogP contribution in [0.15, 0.2) is 42.5 Å². The number of carboxylic acid groups (broad SMARTS) is 1. The lowest BCUT2D eigenvalue weighted by Crippen LogP contribution is -2.16. The van der Waals surface area contributed by atoms with Gasteiger partial charge in [-0.1, -0.05) is 38.1 Å². The Morgan fingerprint density at radius 3 is 2.54 bits per heavy atom. The number of anilines is 1. The summed E-state index contributed by atoms with van der Waals surface area (Å²) in [5.41, 5.74) is 1.90. The van der Waals surface area contributed by atoms with E-state index in [1.54, 1.807) is 30.3 Å². The van der Waals surface area contributed by atoms with E-state index in [9.17, 15) is 14.7 Å². The monoisotopic (exact) mass is 327 g/mol. The molecule has 5 nitrogen and oxygen atoms in total. The number of carboxylic acids is 1. The van der Waals surface area contributed by atoms with E-state index >= 15 is 0 Å². The molecule has 126 valence electrons. The Kier molecular flexibility index (Phi) is 5.58. The molecule has 0 unspecified atom stereocenters. The molecule has 5 heteroatoms. The van der Waals surface area contributed by atoms with Crippen LogP contribution in [-0.4, -0.2) is 22.1 Å². The number of aromatic carboxylic acids is 1. The topological polar surface area (TPSA) is 86.6 Å². The number of amides is 1. The van der Waals surface area contributed by atoms with Gasteiger partial charge < -0.3 is 15.5 Å². The van der Waals surface area contributed by atoms with Crippen LogP contribution >= 0.6 is 0 Å². The van der Waals surface area contributed by atoms with Crippen LogP contribution in [-0.2, 0) is 11.2 Å². The van der Waals surface area contributed by atoms with Crippen LogP contribution in [0.3, 0.4) is 0 Å². The average Bonchev–Trinajstić information content (AvgIpc) is 2.56. The molecule has 0 aliphatic rings. The third-order valence-corrected chi connectivity index (χ3v) is 4.07. The molecule has 0 fully saturated rings. The van der Waals surface area contributed by atoms with Gasteiger partial charge >= 0.3 is 5.97 Å². The van der Waals surface area contributed by atoms with Crippen LogP contribution in [0.25, 0.3) is 0 Å². The fraction of sp³-hybridized carbons (Fsp3) is 0.263. The van der Waals surface area contributed by atoms with E-state index in [-0.39, 0.29) is 23.6 Å². The molecule has 0 aliphatic heterocycles. The molecule has 2 aromatic carbocycles. The standard InChI is InChI=1S/C19H21NO4/c1-3-12(2)13-8-9-17(21)16(10-13)20-18(22)11-14-6-4-5-7-15(14)19(23)24/h4-10,12,21H,3,11H2,1-2H3,(H,20,22)(H,23,24)/t12-/m0/s1. The van der Waals surface area contributed by atoms with Crippen LogP contribution < -0.4 is 5.32 Å². The average molecular weight is 327 g/mol. The third kappa shape index (κ3) is 4.13. The molecule has 0 saturated carbocycles. The fourth-order valence-electron chi connectivity index (χ4n) is 2.45. The molecule has 0 aromatic heterocycles. The first-order valence-electron chi connectivity index (χ1n) is 7.86. The quantitative estimate of drug-likeness (QED) is 0.705. The van der Waals surface area contributed by atoms with E-state index in [1.165, 1.54) is 6.07 Å². The summed E-state index contributed by atoms with van der Waals surface area (Å²) < 4.78 is 0. The minimum atomic E-state index is -1.07. The lowest BCUT2D eigenvalue weighted by molar-refractivity contribution is -0.115. The summed E-state index contributed by atoms with van der Waals surface area (Å²) in [6.07, 6.45) is 0.875. The predicted octanol–water partition coefficient (Wildman–Crippen LogP) is 3.79. The number of hydrogen-bond donors (Lipinski definition) is 3. The van der Waals surface area contributed by atoms with Gasteiger partial charge in [0.25, 0.3) is 0 Å². The number of benzene rings is 2. The van der Waals surface area contributed by atoms with Crippen molar-refractivity contribution in [3.63, 3.8) is 0 Å². The Labute approximate surface area is 141 Å². The first-order chi connectivity index (χ1) is 11.4.